The number of halogens is 2. The van der Waals surface area contributed by atoms with Gasteiger partial charge in [-0.1, -0.05) is 6.92 Å². The highest BCUT2D eigenvalue weighted by Gasteiger charge is 2.35. The molecule has 0 aromatic carbocycles. The molecule has 0 atom stereocenters. The smallest absolute Gasteiger partial charge is 0.261 e. The van der Waals surface area contributed by atoms with Crippen LogP contribution in [0.5, 0.6) is 0 Å². The van der Waals surface area contributed by atoms with E-state index >= 15 is 0 Å². The molecule has 0 saturated heterocycles. The lowest BCUT2D eigenvalue weighted by Gasteiger charge is -2.38. The Balaban J connectivity index is 2.08. The van der Waals surface area contributed by atoms with Gasteiger partial charge in [-0.25, -0.2) is 0 Å². The van der Waals surface area contributed by atoms with Gasteiger partial charge in [0.05, 0.1) is 20.8 Å². The highest BCUT2D eigenvalue weighted by Crippen LogP contribution is 2.34. The van der Waals surface area contributed by atoms with E-state index in [1.165, 1.54) is 11.3 Å². The predicted octanol–water partition coefficient (Wildman–Crippen LogP) is 3.94. The summed E-state index contributed by atoms with van der Waals surface area (Å²) < 4.78 is 1.80. The second-order valence-electron chi connectivity index (χ2n) is 5.31. The summed E-state index contributed by atoms with van der Waals surface area (Å²) in [6.07, 6.45) is 3.81. The number of amides is 1. The zero-order valence-corrected chi connectivity index (χ0v) is 14.7. The summed E-state index contributed by atoms with van der Waals surface area (Å²) in [7, 11) is 0. The summed E-state index contributed by atoms with van der Waals surface area (Å²) in [4.78, 5) is 12.9. The molecule has 1 aliphatic rings. The molecular formula is C13H17Br2NO2S. The molecule has 0 unspecified atom stereocenters. The Morgan fingerprint density at radius 1 is 1.53 bits per heavy atom. The van der Waals surface area contributed by atoms with Gasteiger partial charge in [0.15, 0.2) is 0 Å². The van der Waals surface area contributed by atoms with Gasteiger partial charge in [0.25, 0.3) is 5.91 Å². The molecule has 0 aliphatic heterocycles. The monoisotopic (exact) mass is 409 g/mol. The van der Waals surface area contributed by atoms with E-state index in [0.717, 1.165) is 33.9 Å². The highest BCUT2D eigenvalue weighted by molar-refractivity contribution is 9.13. The Bertz CT molecular complexity index is 448. The molecule has 1 aliphatic carbocycles. The maximum absolute atomic E-state index is 12.3. The maximum Gasteiger partial charge on any atom is 0.261 e. The first-order chi connectivity index (χ1) is 8.96. The molecule has 2 N–H and O–H groups in total. The quantitative estimate of drug-likeness (QED) is 0.792. The Labute approximate surface area is 134 Å². The molecule has 1 aromatic rings. The highest BCUT2D eigenvalue weighted by atomic mass is 79.9. The molecule has 0 bridgehead atoms. The van der Waals surface area contributed by atoms with Crippen molar-refractivity contribution in [3.63, 3.8) is 0 Å². The van der Waals surface area contributed by atoms with E-state index in [4.69, 9.17) is 0 Å². The van der Waals surface area contributed by atoms with Crippen LogP contribution in [-0.2, 0) is 0 Å². The number of nitrogens with one attached hydrogen (secondary N) is 1. The van der Waals surface area contributed by atoms with Crippen molar-refractivity contribution in [1.29, 1.82) is 0 Å². The minimum absolute atomic E-state index is 0.0131. The number of hydrogen-bond acceptors (Lipinski definition) is 3. The summed E-state index contributed by atoms with van der Waals surface area (Å²) in [6, 6.07) is 1.81. The van der Waals surface area contributed by atoms with Gasteiger partial charge < -0.3 is 10.4 Å². The van der Waals surface area contributed by atoms with E-state index in [9.17, 15) is 9.90 Å². The van der Waals surface area contributed by atoms with Gasteiger partial charge in [-0.15, -0.1) is 11.3 Å². The van der Waals surface area contributed by atoms with E-state index in [2.05, 4.69) is 44.1 Å². The van der Waals surface area contributed by atoms with Gasteiger partial charge in [-0.2, -0.15) is 0 Å². The Kier molecular flexibility index (Phi) is 5.09. The van der Waals surface area contributed by atoms with Crippen molar-refractivity contribution in [2.45, 2.75) is 38.1 Å². The van der Waals surface area contributed by atoms with Crippen molar-refractivity contribution < 1.29 is 9.90 Å². The SMILES string of the molecule is CC1CCC(CO)(NC(=O)c2cc(Br)c(Br)s2)CC1. The van der Waals surface area contributed by atoms with Crippen LogP contribution in [0.3, 0.4) is 0 Å². The molecule has 1 heterocycles. The van der Waals surface area contributed by atoms with Gasteiger partial charge in [-0.3, -0.25) is 4.79 Å². The van der Waals surface area contributed by atoms with Gasteiger partial charge in [0.1, 0.15) is 0 Å². The van der Waals surface area contributed by atoms with Crippen LogP contribution in [0, 0.1) is 5.92 Å². The largest absolute Gasteiger partial charge is 0.394 e. The lowest BCUT2D eigenvalue weighted by Crippen LogP contribution is -2.53. The second-order valence-corrected chi connectivity index (χ2v) is 8.53. The first kappa shape index (κ1) is 15.5. The molecule has 1 saturated carbocycles. The van der Waals surface area contributed by atoms with Crippen LogP contribution < -0.4 is 5.32 Å². The first-order valence-electron chi connectivity index (χ1n) is 6.34. The van der Waals surface area contributed by atoms with Gasteiger partial charge in [0.2, 0.25) is 0 Å². The molecule has 0 radical (unpaired) electrons. The third-order valence-corrected chi connectivity index (χ3v) is 7.04. The van der Waals surface area contributed by atoms with Gasteiger partial charge in [0, 0.05) is 4.47 Å². The van der Waals surface area contributed by atoms with E-state index < -0.39 is 5.54 Å². The van der Waals surface area contributed by atoms with Crippen molar-refractivity contribution >= 4 is 49.1 Å². The van der Waals surface area contributed by atoms with E-state index in [1.807, 2.05) is 0 Å². The Hall–Kier alpha value is 0.0900. The van der Waals surface area contributed by atoms with Crippen LogP contribution in [0.25, 0.3) is 0 Å². The average Bonchev–Trinajstić information content (AvgIpc) is 2.73. The first-order valence-corrected chi connectivity index (χ1v) is 8.74. The van der Waals surface area contributed by atoms with Crippen LogP contribution in [0.4, 0.5) is 0 Å². The standard InChI is InChI=1S/C13H17Br2NO2S/c1-8-2-4-13(7-17,5-3-8)16-12(18)10-6-9(14)11(15)19-10/h6,8,17H,2-5,7H2,1H3,(H,16,18). The Morgan fingerprint density at radius 3 is 2.63 bits per heavy atom. The zero-order valence-electron chi connectivity index (χ0n) is 10.7. The molecule has 1 aromatic heterocycles. The topological polar surface area (TPSA) is 49.3 Å². The van der Waals surface area contributed by atoms with E-state index in [1.54, 1.807) is 6.07 Å². The number of carbonyl (C=O) groups is 1. The third kappa shape index (κ3) is 3.60. The molecule has 19 heavy (non-hydrogen) atoms. The predicted molar refractivity (Wildman–Crippen MR) is 84.6 cm³/mol. The fourth-order valence-electron chi connectivity index (χ4n) is 2.40. The van der Waals surface area contributed by atoms with Crippen molar-refractivity contribution in [3.05, 3.63) is 19.2 Å². The summed E-state index contributed by atoms with van der Waals surface area (Å²) in [5.74, 6) is 0.585. The molecule has 1 amide bonds. The minimum Gasteiger partial charge on any atom is -0.394 e. The van der Waals surface area contributed by atoms with Crippen LogP contribution in [0.1, 0.15) is 42.3 Å². The summed E-state index contributed by atoms with van der Waals surface area (Å²) in [5.41, 5.74) is -0.438. The third-order valence-electron chi connectivity index (χ3n) is 3.78. The number of aliphatic hydroxyl groups is 1. The molecule has 1 fully saturated rings. The normalized spacial score (nSPS) is 27.3. The average molecular weight is 411 g/mol. The van der Waals surface area contributed by atoms with E-state index in [-0.39, 0.29) is 12.5 Å². The fraction of sp³-hybridized carbons (Fsp3) is 0.615. The van der Waals surface area contributed by atoms with E-state index in [0.29, 0.717) is 10.8 Å². The number of carbonyl (C=O) groups excluding carboxylic acids is 1. The van der Waals surface area contributed by atoms with Crippen LogP contribution >= 0.6 is 43.2 Å². The molecule has 6 heteroatoms. The molecular weight excluding hydrogens is 394 g/mol. The number of hydrogen-bond donors (Lipinski definition) is 2. The van der Waals surface area contributed by atoms with Gasteiger partial charge >= 0.3 is 0 Å². The summed E-state index contributed by atoms with van der Waals surface area (Å²) in [6.45, 7) is 2.23. The van der Waals surface area contributed by atoms with Crippen LogP contribution in [0.15, 0.2) is 14.3 Å². The number of aliphatic hydroxyl groups excluding tert-OH is 1. The van der Waals surface area contributed by atoms with Crippen molar-refractivity contribution in [2.75, 3.05) is 6.61 Å². The van der Waals surface area contributed by atoms with Crippen molar-refractivity contribution in [1.82, 2.24) is 5.32 Å². The number of rotatable bonds is 3. The molecule has 2 rings (SSSR count). The maximum atomic E-state index is 12.3. The summed E-state index contributed by atoms with van der Waals surface area (Å²) in [5, 5.41) is 12.7. The lowest BCUT2D eigenvalue weighted by molar-refractivity contribution is 0.0720. The Morgan fingerprint density at radius 2 is 2.16 bits per heavy atom. The minimum atomic E-state index is -0.438. The van der Waals surface area contributed by atoms with Crippen molar-refractivity contribution in [2.24, 2.45) is 5.92 Å². The van der Waals surface area contributed by atoms with Crippen molar-refractivity contribution in [3.8, 4) is 0 Å². The zero-order chi connectivity index (χ0) is 14.0. The molecule has 106 valence electrons. The fourth-order valence-corrected chi connectivity index (χ4v) is 4.33. The second kappa shape index (κ2) is 6.24. The van der Waals surface area contributed by atoms with Gasteiger partial charge in [-0.05, 0) is 69.5 Å². The van der Waals surface area contributed by atoms with Crippen LogP contribution in [0.2, 0.25) is 0 Å². The summed E-state index contributed by atoms with van der Waals surface area (Å²) >= 11 is 8.17. The number of thiophene rings is 1. The molecule has 3 nitrogen and oxygen atoms in total. The molecule has 0 spiro atoms. The van der Waals surface area contributed by atoms with Crippen LogP contribution in [-0.4, -0.2) is 23.2 Å². The lowest BCUT2D eigenvalue weighted by atomic mass is 9.77.